The molecule has 3 aromatic rings. The molecule has 2 aromatic carbocycles. The summed E-state index contributed by atoms with van der Waals surface area (Å²) in [6, 6.07) is 16.3. The molecule has 0 bridgehead atoms. The normalized spacial score (nSPS) is 18.6. The first-order chi connectivity index (χ1) is 16.7. The number of esters is 1. The largest absolute Gasteiger partial charge is 0.458 e. The van der Waals surface area contributed by atoms with E-state index >= 15 is 0 Å². The van der Waals surface area contributed by atoms with Gasteiger partial charge in [0.05, 0.1) is 19.4 Å². The molecule has 0 amide bonds. The Kier molecular flexibility index (Phi) is 5.77. The molecule has 2 aliphatic heterocycles. The monoisotopic (exact) mass is 456 g/mol. The third-order valence-corrected chi connectivity index (χ3v) is 6.06. The zero-order valence-corrected chi connectivity index (χ0v) is 19.2. The lowest BCUT2D eigenvalue weighted by atomic mass is 9.98. The fourth-order valence-electron chi connectivity index (χ4n) is 4.54. The smallest absolute Gasteiger partial charge is 0.397 e. The molecular weight excluding hydrogens is 430 g/mol. The predicted molar refractivity (Wildman–Crippen MR) is 127 cm³/mol. The van der Waals surface area contributed by atoms with Gasteiger partial charge in [-0.05, 0) is 29.7 Å². The number of benzene rings is 2. The van der Waals surface area contributed by atoms with Crippen LogP contribution in [0, 0.1) is 0 Å². The second kappa shape index (κ2) is 9.03. The molecule has 0 aliphatic carbocycles. The summed E-state index contributed by atoms with van der Waals surface area (Å²) in [5.41, 5.74) is 4.58. The van der Waals surface area contributed by atoms with Crippen LogP contribution in [0.15, 0.2) is 77.7 Å². The van der Waals surface area contributed by atoms with Crippen molar-refractivity contribution in [3.63, 3.8) is 0 Å². The SMILES string of the molecule is CCCN1C=CC2=NC=C(C(=O)OCC)[N+]21Cc1ccc(-c2ccccc2-c2nn[nH]n2)cc1. The first-order valence-electron chi connectivity index (χ1n) is 11.4. The lowest BCUT2D eigenvalue weighted by Crippen LogP contribution is -2.57. The van der Waals surface area contributed by atoms with E-state index < -0.39 is 0 Å². The highest BCUT2D eigenvalue weighted by molar-refractivity contribution is 5.98. The van der Waals surface area contributed by atoms with Crippen LogP contribution in [0.3, 0.4) is 0 Å². The van der Waals surface area contributed by atoms with Crippen LogP contribution in [0.5, 0.6) is 0 Å². The van der Waals surface area contributed by atoms with E-state index in [1.807, 2.05) is 43.5 Å². The van der Waals surface area contributed by atoms with Crippen molar-refractivity contribution in [2.24, 2.45) is 4.99 Å². The minimum atomic E-state index is -0.336. The Labute approximate surface area is 197 Å². The third kappa shape index (κ3) is 3.60. The zero-order chi connectivity index (χ0) is 23.5. The molecule has 3 heterocycles. The Morgan fingerprint density at radius 3 is 2.59 bits per heavy atom. The van der Waals surface area contributed by atoms with Gasteiger partial charge in [0.1, 0.15) is 12.7 Å². The van der Waals surface area contributed by atoms with Crippen LogP contribution in [0.4, 0.5) is 0 Å². The lowest BCUT2D eigenvalue weighted by molar-refractivity contribution is -0.919. The fourth-order valence-corrected chi connectivity index (χ4v) is 4.54. The predicted octanol–water partition coefficient (Wildman–Crippen LogP) is 3.82. The van der Waals surface area contributed by atoms with Crippen molar-refractivity contribution < 1.29 is 14.1 Å². The van der Waals surface area contributed by atoms with Gasteiger partial charge in [-0.25, -0.2) is 9.80 Å². The summed E-state index contributed by atoms with van der Waals surface area (Å²) >= 11 is 0. The van der Waals surface area contributed by atoms with Crippen molar-refractivity contribution in [3.8, 4) is 22.5 Å². The molecule has 0 radical (unpaired) electrons. The fraction of sp³-hybridized carbons (Fsp3) is 0.240. The van der Waals surface area contributed by atoms with Gasteiger partial charge >= 0.3 is 5.97 Å². The number of aromatic nitrogens is 4. The molecule has 9 heteroatoms. The highest BCUT2D eigenvalue weighted by Gasteiger charge is 2.53. The van der Waals surface area contributed by atoms with Gasteiger partial charge in [-0.3, -0.25) is 0 Å². The van der Waals surface area contributed by atoms with Crippen LogP contribution in [0.2, 0.25) is 0 Å². The van der Waals surface area contributed by atoms with Crippen molar-refractivity contribution >= 4 is 11.8 Å². The number of amidine groups is 1. The molecule has 9 nitrogen and oxygen atoms in total. The molecule has 1 N–H and O–H groups in total. The van der Waals surface area contributed by atoms with E-state index in [0.717, 1.165) is 41.1 Å². The van der Waals surface area contributed by atoms with E-state index in [0.29, 0.717) is 24.7 Å². The van der Waals surface area contributed by atoms with Crippen molar-refractivity contribution in [1.82, 2.24) is 25.6 Å². The number of H-pyrrole nitrogens is 1. The number of carbonyl (C=O) groups is 1. The number of ether oxygens (including phenoxy) is 1. The molecule has 1 atom stereocenters. The van der Waals surface area contributed by atoms with Crippen LogP contribution in [0.25, 0.3) is 22.5 Å². The van der Waals surface area contributed by atoms with E-state index in [1.165, 1.54) is 0 Å². The number of nitrogens with one attached hydrogen (secondary N) is 1. The lowest BCUT2D eigenvalue weighted by Gasteiger charge is -2.38. The number of aromatic amines is 1. The zero-order valence-electron chi connectivity index (χ0n) is 19.2. The third-order valence-electron chi connectivity index (χ3n) is 6.06. The molecule has 172 valence electrons. The van der Waals surface area contributed by atoms with E-state index in [4.69, 9.17) is 4.74 Å². The van der Waals surface area contributed by atoms with Gasteiger partial charge < -0.3 is 4.74 Å². The van der Waals surface area contributed by atoms with Gasteiger partial charge in [-0.1, -0.05) is 55.5 Å². The Bertz CT molecular complexity index is 1280. The Balaban J connectivity index is 1.48. The van der Waals surface area contributed by atoms with Crippen LogP contribution < -0.4 is 0 Å². The first kappa shape index (κ1) is 21.7. The summed E-state index contributed by atoms with van der Waals surface area (Å²) in [6.45, 7) is 5.61. The summed E-state index contributed by atoms with van der Waals surface area (Å²) in [5.74, 6) is 1.04. The second-order valence-corrected chi connectivity index (χ2v) is 8.11. The number of quaternary nitrogens is 1. The molecule has 5 rings (SSSR count). The summed E-state index contributed by atoms with van der Waals surface area (Å²) in [4.78, 5) is 17.4. The van der Waals surface area contributed by atoms with E-state index in [9.17, 15) is 4.79 Å². The van der Waals surface area contributed by atoms with Gasteiger partial charge in [0, 0.05) is 17.2 Å². The molecule has 1 aromatic heterocycles. The minimum Gasteiger partial charge on any atom is -0.458 e. The summed E-state index contributed by atoms with van der Waals surface area (Å²) in [6.07, 6.45) is 6.59. The highest BCUT2D eigenvalue weighted by Crippen LogP contribution is 2.37. The maximum atomic E-state index is 12.9. The molecule has 1 unspecified atom stereocenters. The number of tetrazole rings is 1. The molecular formula is C25H26N7O2+. The maximum Gasteiger partial charge on any atom is 0.397 e. The topological polar surface area (TPSA) is 96.4 Å². The molecule has 0 saturated carbocycles. The average molecular weight is 457 g/mol. The van der Waals surface area contributed by atoms with Crippen molar-refractivity contribution in [2.45, 2.75) is 26.8 Å². The van der Waals surface area contributed by atoms with Crippen LogP contribution in [-0.4, -0.2) is 55.2 Å². The number of rotatable bonds is 8. The number of carbonyl (C=O) groups excluding carboxylic acids is 1. The summed E-state index contributed by atoms with van der Waals surface area (Å²) < 4.78 is 5.61. The minimum absolute atomic E-state index is 0.228. The van der Waals surface area contributed by atoms with E-state index in [2.05, 4.69) is 61.8 Å². The number of fused-ring (bicyclic) bond motifs is 1. The Hall–Kier alpha value is -4.11. The highest BCUT2D eigenvalue weighted by atomic mass is 16.5. The van der Waals surface area contributed by atoms with Crippen molar-refractivity contribution in [3.05, 3.63) is 78.3 Å². The quantitative estimate of drug-likeness (QED) is 0.409. The standard InChI is InChI=1S/C25H26N7O2/c1-3-14-31-15-13-23-26-16-22(25(33)34-4-2)32(23,31)17-18-9-11-19(12-10-18)20-7-5-6-8-21(20)24-27-29-30-28-24/h5-13,15-16H,3-4,14,17H2,1-2H3,(H,27,28,29,30)/q+1. The Morgan fingerprint density at radius 2 is 1.88 bits per heavy atom. The molecule has 0 saturated heterocycles. The first-order valence-corrected chi connectivity index (χ1v) is 11.4. The van der Waals surface area contributed by atoms with Crippen LogP contribution in [0.1, 0.15) is 25.8 Å². The van der Waals surface area contributed by atoms with E-state index in [1.54, 1.807) is 6.20 Å². The number of hydrogen-bond donors (Lipinski definition) is 1. The molecule has 34 heavy (non-hydrogen) atoms. The van der Waals surface area contributed by atoms with Crippen LogP contribution in [-0.2, 0) is 16.1 Å². The number of nitrogens with zero attached hydrogens (tertiary/aromatic N) is 6. The van der Waals surface area contributed by atoms with Crippen LogP contribution >= 0.6 is 0 Å². The molecule has 0 fully saturated rings. The van der Waals surface area contributed by atoms with Crippen molar-refractivity contribution in [1.29, 1.82) is 0 Å². The van der Waals surface area contributed by atoms with E-state index in [-0.39, 0.29) is 10.6 Å². The maximum absolute atomic E-state index is 12.9. The summed E-state index contributed by atoms with van der Waals surface area (Å²) in [7, 11) is 0. The van der Waals surface area contributed by atoms with Crippen molar-refractivity contribution in [2.75, 3.05) is 13.2 Å². The number of hydrogen-bond acceptors (Lipinski definition) is 7. The van der Waals surface area contributed by atoms with Gasteiger partial charge in [0.2, 0.25) is 5.82 Å². The average Bonchev–Trinajstić information content (AvgIpc) is 3.58. The van der Waals surface area contributed by atoms with Gasteiger partial charge in [-0.15, -0.1) is 14.8 Å². The second-order valence-electron chi connectivity index (χ2n) is 8.11. The van der Waals surface area contributed by atoms with Gasteiger partial charge in [0.25, 0.3) is 11.5 Å². The van der Waals surface area contributed by atoms with Gasteiger partial charge in [-0.2, -0.15) is 10.2 Å². The molecule has 2 aliphatic rings. The van der Waals surface area contributed by atoms with Gasteiger partial charge in [0.15, 0.2) is 0 Å². The number of aliphatic imine (C=N–C) groups is 1. The summed E-state index contributed by atoms with van der Waals surface area (Å²) in [5, 5.41) is 16.6. The molecule has 0 spiro atoms. The Morgan fingerprint density at radius 1 is 1.09 bits per heavy atom.